The summed E-state index contributed by atoms with van der Waals surface area (Å²) >= 11 is 0. The second kappa shape index (κ2) is 10.1. The lowest BCUT2D eigenvalue weighted by Crippen LogP contribution is -2.29. The molecule has 2 unspecified atom stereocenters. The second-order valence-electron chi connectivity index (χ2n) is 9.86. The molecule has 2 nitrogen and oxygen atoms in total. The number of hydrogen-bond acceptors (Lipinski definition) is 2. The first-order chi connectivity index (χ1) is 12.6. The van der Waals surface area contributed by atoms with E-state index in [1.807, 2.05) is 6.92 Å². The van der Waals surface area contributed by atoms with Gasteiger partial charge in [0.05, 0.1) is 12.0 Å². The summed E-state index contributed by atoms with van der Waals surface area (Å²) in [6.07, 6.45) is 20.7. The molecule has 26 heavy (non-hydrogen) atoms. The molecule has 0 aromatic heterocycles. The van der Waals surface area contributed by atoms with Crippen molar-refractivity contribution < 1.29 is 9.53 Å². The number of carbonyl (C=O) groups is 1. The minimum atomic E-state index is 0.0789. The van der Waals surface area contributed by atoms with Crippen LogP contribution in [0.25, 0.3) is 0 Å². The molecule has 1 aliphatic heterocycles. The molecule has 2 saturated carbocycles. The van der Waals surface area contributed by atoms with Crippen LogP contribution in [0.4, 0.5) is 0 Å². The largest absolute Gasteiger partial charge is 0.462 e. The molecule has 2 heteroatoms. The van der Waals surface area contributed by atoms with Crippen molar-refractivity contribution in [1.82, 2.24) is 0 Å². The highest BCUT2D eigenvalue weighted by Crippen LogP contribution is 2.39. The zero-order valence-electron chi connectivity index (χ0n) is 17.4. The molecule has 0 spiro atoms. The van der Waals surface area contributed by atoms with Crippen LogP contribution in [0.15, 0.2) is 0 Å². The van der Waals surface area contributed by atoms with Crippen LogP contribution >= 0.6 is 0 Å². The van der Waals surface area contributed by atoms with Crippen LogP contribution in [0.2, 0.25) is 0 Å². The average Bonchev–Trinajstić information content (AvgIpc) is 2.67. The molecule has 2 aliphatic carbocycles. The zero-order valence-corrected chi connectivity index (χ0v) is 17.4. The normalized spacial score (nSPS) is 38.8. The van der Waals surface area contributed by atoms with Crippen LogP contribution in [0.1, 0.15) is 110 Å². The number of cyclic esters (lactones) is 1. The Labute approximate surface area is 161 Å². The van der Waals surface area contributed by atoms with E-state index in [-0.39, 0.29) is 18.0 Å². The molecule has 0 bridgehead atoms. The van der Waals surface area contributed by atoms with E-state index in [4.69, 9.17) is 4.74 Å². The first-order valence-corrected chi connectivity index (χ1v) is 11.8. The molecule has 0 N–H and O–H groups in total. The highest BCUT2D eigenvalue weighted by Gasteiger charge is 2.29. The Morgan fingerprint density at radius 3 is 1.62 bits per heavy atom. The molecule has 0 aromatic rings. The third-order valence-corrected chi connectivity index (χ3v) is 7.99. The third-order valence-electron chi connectivity index (χ3n) is 7.99. The Morgan fingerprint density at radius 2 is 1.15 bits per heavy atom. The van der Waals surface area contributed by atoms with E-state index in [1.54, 1.807) is 0 Å². The number of rotatable bonds is 7. The fourth-order valence-corrected chi connectivity index (χ4v) is 5.81. The van der Waals surface area contributed by atoms with Gasteiger partial charge in [-0.05, 0) is 56.3 Å². The van der Waals surface area contributed by atoms with Crippen molar-refractivity contribution in [2.24, 2.45) is 29.6 Å². The molecule has 3 fully saturated rings. The number of esters is 1. The predicted octanol–water partition coefficient (Wildman–Crippen LogP) is 6.91. The van der Waals surface area contributed by atoms with Crippen molar-refractivity contribution in [3.05, 3.63) is 0 Å². The molecule has 0 aromatic carbocycles. The molecule has 1 saturated heterocycles. The summed E-state index contributed by atoms with van der Waals surface area (Å²) in [6, 6.07) is 0. The molecule has 0 amide bonds. The summed E-state index contributed by atoms with van der Waals surface area (Å²) < 4.78 is 5.42. The summed E-state index contributed by atoms with van der Waals surface area (Å²) in [7, 11) is 0. The number of ether oxygens (including phenoxy) is 1. The van der Waals surface area contributed by atoms with Gasteiger partial charge < -0.3 is 4.74 Å². The van der Waals surface area contributed by atoms with Crippen molar-refractivity contribution in [2.75, 3.05) is 0 Å². The lowest BCUT2D eigenvalue weighted by molar-refractivity contribution is -0.159. The van der Waals surface area contributed by atoms with Gasteiger partial charge in [-0.25, -0.2) is 0 Å². The first-order valence-electron chi connectivity index (χ1n) is 11.8. The summed E-state index contributed by atoms with van der Waals surface area (Å²) in [5.41, 5.74) is 0. The smallest absolute Gasteiger partial charge is 0.309 e. The van der Waals surface area contributed by atoms with Gasteiger partial charge in [-0.15, -0.1) is 0 Å². The fraction of sp³-hybridized carbons (Fsp3) is 0.958. The summed E-state index contributed by atoms with van der Waals surface area (Å²) in [6.45, 7) is 4.38. The Balaban J connectivity index is 1.27. The molecule has 2 atom stereocenters. The maximum Gasteiger partial charge on any atom is 0.309 e. The summed E-state index contributed by atoms with van der Waals surface area (Å²) in [5.74, 6) is 4.22. The topological polar surface area (TPSA) is 26.3 Å². The van der Waals surface area contributed by atoms with Crippen LogP contribution in [0.3, 0.4) is 0 Å². The molecule has 1 heterocycles. The van der Waals surface area contributed by atoms with E-state index < -0.39 is 0 Å². The Bertz CT molecular complexity index is 416. The lowest BCUT2D eigenvalue weighted by Gasteiger charge is -2.32. The van der Waals surface area contributed by atoms with Gasteiger partial charge in [-0.2, -0.15) is 0 Å². The summed E-state index contributed by atoms with van der Waals surface area (Å²) in [5, 5.41) is 0. The summed E-state index contributed by atoms with van der Waals surface area (Å²) in [4.78, 5) is 12.0. The zero-order chi connectivity index (χ0) is 18.4. The minimum Gasteiger partial charge on any atom is -0.462 e. The maximum atomic E-state index is 12.0. The van der Waals surface area contributed by atoms with Gasteiger partial charge >= 0.3 is 5.97 Å². The predicted molar refractivity (Wildman–Crippen MR) is 108 cm³/mol. The van der Waals surface area contributed by atoms with Gasteiger partial charge in [0.2, 0.25) is 0 Å². The highest BCUT2D eigenvalue weighted by atomic mass is 16.5. The molecule has 0 radical (unpaired) electrons. The van der Waals surface area contributed by atoms with Crippen LogP contribution in [-0.2, 0) is 9.53 Å². The van der Waals surface area contributed by atoms with Gasteiger partial charge in [-0.1, -0.05) is 77.6 Å². The molecule has 150 valence electrons. The average molecular weight is 363 g/mol. The van der Waals surface area contributed by atoms with Gasteiger partial charge in [-0.3, -0.25) is 4.79 Å². The molecule has 3 aliphatic rings. The van der Waals surface area contributed by atoms with E-state index in [1.165, 1.54) is 77.0 Å². The van der Waals surface area contributed by atoms with Gasteiger partial charge in [0.1, 0.15) is 0 Å². The molecular weight excluding hydrogens is 320 g/mol. The highest BCUT2D eigenvalue weighted by molar-refractivity contribution is 5.73. The number of hydrogen-bond donors (Lipinski definition) is 0. The van der Waals surface area contributed by atoms with Crippen molar-refractivity contribution >= 4 is 5.97 Å². The SMILES string of the molecule is CCC1CCC(CCC2CCC(CCC3CCC(C)OC3=O)CC2)CC1. The Hall–Kier alpha value is -0.530. The first kappa shape index (κ1) is 20.2. The molecule has 3 rings (SSSR count). The van der Waals surface area contributed by atoms with Crippen LogP contribution in [-0.4, -0.2) is 12.1 Å². The van der Waals surface area contributed by atoms with Crippen molar-refractivity contribution in [2.45, 2.75) is 116 Å². The quantitative estimate of drug-likeness (QED) is 0.460. The minimum absolute atomic E-state index is 0.0789. The van der Waals surface area contributed by atoms with Crippen LogP contribution < -0.4 is 0 Å². The van der Waals surface area contributed by atoms with Gasteiger partial charge in [0.15, 0.2) is 0 Å². The van der Waals surface area contributed by atoms with Crippen LogP contribution in [0, 0.1) is 29.6 Å². The molecular formula is C24H42O2. The Morgan fingerprint density at radius 1 is 0.692 bits per heavy atom. The van der Waals surface area contributed by atoms with Crippen molar-refractivity contribution in [3.8, 4) is 0 Å². The fourth-order valence-electron chi connectivity index (χ4n) is 5.81. The Kier molecular flexibility index (Phi) is 7.88. The van der Waals surface area contributed by atoms with Crippen molar-refractivity contribution in [1.29, 1.82) is 0 Å². The number of carbonyl (C=O) groups excluding carboxylic acids is 1. The van der Waals surface area contributed by atoms with E-state index in [0.29, 0.717) is 0 Å². The van der Waals surface area contributed by atoms with E-state index in [0.717, 1.165) is 42.9 Å². The van der Waals surface area contributed by atoms with E-state index in [2.05, 4.69) is 6.92 Å². The van der Waals surface area contributed by atoms with E-state index >= 15 is 0 Å². The third kappa shape index (κ3) is 5.99. The van der Waals surface area contributed by atoms with Crippen LogP contribution in [0.5, 0.6) is 0 Å². The standard InChI is InChI=1S/C24H42O2/c1-3-19-5-7-20(8-6-19)9-10-21-11-13-22(14-12-21)15-17-23-16-4-18(2)26-24(23)25/h18-23H,3-17H2,1-2H3. The second-order valence-corrected chi connectivity index (χ2v) is 9.86. The van der Waals surface area contributed by atoms with Crippen molar-refractivity contribution in [3.63, 3.8) is 0 Å². The monoisotopic (exact) mass is 362 g/mol. The van der Waals surface area contributed by atoms with E-state index in [9.17, 15) is 4.79 Å². The van der Waals surface area contributed by atoms with Gasteiger partial charge in [0.25, 0.3) is 0 Å². The lowest BCUT2D eigenvalue weighted by atomic mass is 9.74. The maximum absolute atomic E-state index is 12.0. The van der Waals surface area contributed by atoms with Gasteiger partial charge in [0, 0.05) is 0 Å².